The van der Waals surface area contributed by atoms with Crippen LogP contribution in [0.2, 0.25) is 0 Å². The molecule has 3 rings (SSSR count). The third-order valence-electron chi connectivity index (χ3n) is 3.05. The zero-order chi connectivity index (χ0) is 13.9. The van der Waals surface area contributed by atoms with Gasteiger partial charge >= 0.3 is 0 Å². The molecule has 1 aliphatic rings. The van der Waals surface area contributed by atoms with Gasteiger partial charge in [-0.15, -0.1) is 0 Å². The Morgan fingerprint density at radius 3 is 2.95 bits per heavy atom. The Balaban J connectivity index is 1.60. The second-order valence-corrected chi connectivity index (χ2v) is 4.94. The second kappa shape index (κ2) is 5.32. The van der Waals surface area contributed by atoms with Gasteiger partial charge in [0.25, 0.3) is 0 Å². The van der Waals surface area contributed by atoms with E-state index in [0.29, 0.717) is 18.4 Å². The van der Waals surface area contributed by atoms with Crippen molar-refractivity contribution >= 4 is 17.3 Å². The first-order valence-electron chi connectivity index (χ1n) is 6.65. The van der Waals surface area contributed by atoms with Gasteiger partial charge < -0.3 is 15.2 Å². The van der Waals surface area contributed by atoms with E-state index in [4.69, 9.17) is 4.52 Å². The summed E-state index contributed by atoms with van der Waals surface area (Å²) in [6.45, 7) is 1.96. The molecule has 20 heavy (non-hydrogen) atoms. The molecule has 104 valence electrons. The van der Waals surface area contributed by atoms with Crippen molar-refractivity contribution in [2.75, 3.05) is 10.6 Å². The van der Waals surface area contributed by atoms with Gasteiger partial charge in [0, 0.05) is 24.2 Å². The SMILES string of the molecule is CC(=O)Nc1cccc(NCc2nc(C3CC3)no2)c1. The smallest absolute Gasteiger partial charge is 0.245 e. The van der Waals surface area contributed by atoms with E-state index in [2.05, 4.69) is 20.8 Å². The number of benzene rings is 1. The number of anilines is 2. The van der Waals surface area contributed by atoms with Crippen molar-refractivity contribution in [3.63, 3.8) is 0 Å². The van der Waals surface area contributed by atoms with Gasteiger partial charge in [-0.05, 0) is 31.0 Å². The fraction of sp³-hybridized carbons (Fsp3) is 0.357. The summed E-state index contributed by atoms with van der Waals surface area (Å²) in [6.07, 6.45) is 2.32. The number of carbonyl (C=O) groups is 1. The Kier molecular flexibility index (Phi) is 3.37. The third-order valence-corrected chi connectivity index (χ3v) is 3.05. The molecule has 1 aliphatic carbocycles. The predicted octanol–water partition coefficient (Wildman–Crippen LogP) is 2.52. The average molecular weight is 272 g/mol. The standard InChI is InChI=1S/C14H16N4O2/c1-9(19)16-12-4-2-3-11(7-12)15-8-13-17-14(18-20-13)10-5-6-10/h2-4,7,10,15H,5-6,8H2,1H3,(H,16,19). The molecule has 1 amide bonds. The molecule has 0 bridgehead atoms. The number of hydrogen-bond acceptors (Lipinski definition) is 5. The van der Waals surface area contributed by atoms with Crippen molar-refractivity contribution in [3.05, 3.63) is 36.0 Å². The minimum atomic E-state index is -0.0897. The van der Waals surface area contributed by atoms with Gasteiger partial charge in [0.2, 0.25) is 11.8 Å². The summed E-state index contributed by atoms with van der Waals surface area (Å²) in [5.74, 6) is 1.80. The molecule has 0 radical (unpaired) electrons. The van der Waals surface area contributed by atoms with Crippen molar-refractivity contribution < 1.29 is 9.32 Å². The summed E-state index contributed by atoms with van der Waals surface area (Å²) in [7, 11) is 0. The van der Waals surface area contributed by atoms with Gasteiger partial charge in [-0.25, -0.2) is 0 Å². The maximum absolute atomic E-state index is 11.0. The summed E-state index contributed by atoms with van der Waals surface area (Å²) < 4.78 is 5.19. The van der Waals surface area contributed by atoms with Crippen LogP contribution >= 0.6 is 0 Å². The molecule has 1 heterocycles. The van der Waals surface area contributed by atoms with E-state index in [1.165, 1.54) is 6.92 Å². The van der Waals surface area contributed by atoms with Crippen LogP contribution in [0.25, 0.3) is 0 Å². The fourth-order valence-corrected chi connectivity index (χ4v) is 1.94. The van der Waals surface area contributed by atoms with Crippen molar-refractivity contribution in [3.8, 4) is 0 Å². The van der Waals surface area contributed by atoms with Gasteiger partial charge in [-0.3, -0.25) is 4.79 Å². The quantitative estimate of drug-likeness (QED) is 0.874. The highest BCUT2D eigenvalue weighted by atomic mass is 16.5. The Hall–Kier alpha value is -2.37. The van der Waals surface area contributed by atoms with Crippen LogP contribution in [0.15, 0.2) is 28.8 Å². The summed E-state index contributed by atoms with van der Waals surface area (Å²) in [4.78, 5) is 15.4. The zero-order valence-corrected chi connectivity index (χ0v) is 11.2. The van der Waals surface area contributed by atoms with E-state index in [9.17, 15) is 4.79 Å². The van der Waals surface area contributed by atoms with E-state index in [1.54, 1.807) is 0 Å². The Morgan fingerprint density at radius 1 is 1.40 bits per heavy atom. The van der Waals surface area contributed by atoms with Crippen LogP contribution in [0.3, 0.4) is 0 Å². The lowest BCUT2D eigenvalue weighted by Crippen LogP contribution is -2.06. The highest BCUT2D eigenvalue weighted by molar-refractivity contribution is 5.89. The van der Waals surface area contributed by atoms with Crippen LogP contribution < -0.4 is 10.6 Å². The summed E-state index contributed by atoms with van der Waals surface area (Å²) in [6, 6.07) is 7.49. The molecule has 0 unspecified atom stereocenters. The zero-order valence-electron chi connectivity index (χ0n) is 11.2. The van der Waals surface area contributed by atoms with Crippen LogP contribution in [-0.2, 0) is 11.3 Å². The largest absolute Gasteiger partial charge is 0.376 e. The number of nitrogens with one attached hydrogen (secondary N) is 2. The number of rotatable bonds is 5. The summed E-state index contributed by atoms with van der Waals surface area (Å²) >= 11 is 0. The number of carbonyl (C=O) groups excluding carboxylic acids is 1. The molecule has 0 spiro atoms. The Morgan fingerprint density at radius 2 is 2.20 bits per heavy atom. The van der Waals surface area contributed by atoms with Crippen molar-refractivity contribution in [1.82, 2.24) is 10.1 Å². The maximum Gasteiger partial charge on any atom is 0.245 e. The number of amides is 1. The Bertz CT molecular complexity index is 619. The molecule has 2 aromatic rings. The van der Waals surface area contributed by atoms with Crippen LogP contribution in [0, 0.1) is 0 Å². The lowest BCUT2D eigenvalue weighted by Gasteiger charge is -2.06. The van der Waals surface area contributed by atoms with E-state index in [1.807, 2.05) is 24.3 Å². The van der Waals surface area contributed by atoms with E-state index in [0.717, 1.165) is 30.0 Å². The van der Waals surface area contributed by atoms with Crippen molar-refractivity contribution in [1.29, 1.82) is 0 Å². The number of hydrogen-bond donors (Lipinski definition) is 2. The van der Waals surface area contributed by atoms with Gasteiger partial charge in [0.1, 0.15) is 0 Å². The number of aromatic nitrogens is 2. The highest BCUT2D eigenvalue weighted by Gasteiger charge is 2.28. The predicted molar refractivity (Wildman–Crippen MR) is 74.3 cm³/mol. The molecular formula is C14H16N4O2. The van der Waals surface area contributed by atoms with Crippen molar-refractivity contribution in [2.45, 2.75) is 32.2 Å². The average Bonchev–Trinajstić information content (AvgIpc) is 3.16. The minimum absolute atomic E-state index is 0.0897. The highest BCUT2D eigenvalue weighted by Crippen LogP contribution is 2.38. The van der Waals surface area contributed by atoms with Crippen LogP contribution in [0.1, 0.15) is 37.4 Å². The first-order valence-corrected chi connectivity index (χ1v) is 6.65. The minimum Gasteiger partial charge on any atom is -0.376 e. The fourth-order valence-electron chi connectivity index (χ4n) is 1.94. The van der Waals surface area contributed by atoms with E-state index >= 15 is 0 Å². The molecule has 6 heteroatoms. The summed E-state index contributed by atoms with van der Waals surface area (Å²) in [5.41, 5.74) is 1.65. The molecule has 2 N–H and O–H groups in total. The maximum atomic E-state index is 11.0. The first kappa shape index (κ1) is 12.7. The van der Waals surface area contributed by atoms with E-state index < -0.39 is 0 Å². The Labute approximate surface area is 116 Å². The molecular weight excluding hydrogens is 256 g/mol. The van der Waals surface area contributed by atoms with E-state index in [-0.39, 0.29) is 5.91 Å². The normalized spacial score (nSPS) is 14.1. The molecule has 1 fully saturated rings. The van der Waals surface area contributed by atoms with Gasteiger partial charge in [-0.2, -0.15) is 4.98 Å². The molecule has 1 aromatic heterocycles. The summed E-state index contributed by atoms with van der Waals surface area (Å²) in [5, 5.41) is 9.90. The molecule has 0 atom stereocenters. The monoisotopic (exact) mass is 272 g/mol. The lowest BCUT2D eigenvalue weighted by molar-refractivity contribution is -0.114. The second-order valence-electron chi connectivity index (χ2n) is 4.94. The first-order chi connectivity index (χ1) is 9.70. The third kappa shape index (κ3) is 3.14. The van der Waals surface area contributed by atoms with Gasteiger partial charge in [-0.1, -0.05) is 11.2 Å². The van der Waals surface area contributed by atoms with Crippen molar-refractivity contribution in [2.24, 2.45) is 0 Å². The molecule has 1 saturated carbocycles. The van der Waals surface area contributed by atoms with Crippen LogP contribution in [0.5, 0.6) is 0 Å². The topological polar surface area (TPSA) is 80.0 Å². The van der Waals surface area contributed by atoms with Gasteiger partial charge in [0.05, 0.1) is 6.54 Å². The molecule has 0 aliphatic heterocycles. The molecule has 1 aromatic carbocycles. The molecule has 0 saturated heterocycles. The molecule has 6 nitrogen and oxygen atoms in total. The van der Waals surface area contributed by atoms with Gasteiger partial charge in [0.15, 0.2) is 5.82 Å². The van der Waals surface area contributed by atoms with Crippen LogP contribution in [-0.4, -0.2) is 16.0 Å². The number of nitrogens with zero attached hydrogens (tertiary/aromatic N) is 2. The lowest BCUT2D eigenvalue weighted by atomic mass is 10.2. The van der Waals surface area contributed by atoms with Crippen LogP contribution in [0.4, 0.5) is 11.4 Å².